The van der Waals surface area contributed by atoms with Crippen LogP contribution in [-0.4, -0.2) is 4.98 Å². The number of nitriles is 1. The third-order valence-electron chi connectivity index (χ3n) is 3.51. The number of nitrogens with zero attached hydrogens (tertiary/aromatic N) is 2. The second kappa shape index (κ2) is 3.31. The second-order valence-corrected chi connectivity index (χ2v) is 4.44. The summed E-state index contributed by atoms with van der Waals surface area (Å²) >= 11 is 0. The van der Waals surface area contributed by atoms with Crippen LogP contribution in [-0.2, 0) is 5.41 Å². The lowest BCUT2D eigenvalue weighted by Crippen LogP contribution is -2.33. The van der Waals surface area contributed by atoms with Crippen molar-refractivity contribution in [1.29, 1.82) is 5.26 Å². The Kier molecular flexibility index (Phi) is 1.94. The summed E-state index contributed by atoms with van der Waals surface area (Å²) in [5.41, 5.74) is 1.63. The van der Waals surface area contributed by atoms with Crippen molar-refractivity contribution < 1.29 is 0 Å². The Bertz CT molecular complexity index is 577. The van der Waals surface area contributed by atoms with Gasteiger partial charge in [0.2, 0.25) is 0 Å². The number of aromatic nitrogens is 1. The van der Waals surface area contributed by atoms with Gasteiger partial charge in [-0.25, -0.2) is 0 Å². The predicted molar refractivity (Wildman–Crippen MR) is 62.9 cm³/mol. The second-order valence-electron chi connectivity index (χ2n) is 4.44. The first-order valence-electron chi connectivity index (χ1n) is 5.62. The third kappa shape index (κ3) is 1.22. The van der Waals surface area contributed by atoms with E-state index in [9.17, 15) is 5.26 Å². The molecule has 1 heterocycles. The number of hydrogen-bond donors (Lipinski definition) is 0. The largest absolute Gasteiger partial charge is 0.251 e. The first-order chi connectivity index (χ1) is 7.84. The first kappa shape index (κ1) is 9.35. The van der Waals surface area contributed by atoms with E-state index in [4.69, 9.17) is 0 Å². The molecule has 1 aliphatic carbocycles. The standard InChI is InChI=1S/C14H12N2/c15-10-14(8-3-9-14)13-7-6-11-4-1-2-5-12(11)16-13/h1-2,4-7H,3,8-9H2. The molecule has 0 saturated heterocycles. The molecule has 0 aliphatic heterocycles. The SMILES string of the molecule is N#CC1(c2ccc3ccccc3n2)CCC1. The molecule has 1 aromatic carbocycles. The molecule has 16 heavy (non-hydrogen) atoms. The quantitative estimate of drug-likeness (QED) is 0.721. The highest BCUT2D eigenvalue weighted by Gasteiger charge is 2.40. The minimum atomic E-state index is -0.302. The Hall–Kier alpha value is -1.88. The summed E-state index contributed by atoms with van der Waals surface area (Å²) < 4.78 is 0. The van der Waals surface area contributed by atoms with Crippen molar-refractivity contribution in [2.75, 3.05) is 0 Å². The fourth-order valence-electron chi connectivity index (χ4n) is 2.29. The molecular formula is C14H12N2. The van der Waals surface area contributed by atoms with Gasteiger partial charge >= 0.3 is 0 Å². The molecule has 1 aliphatic rings. The first-order valence-corrected chi connectivity index (χ1v) is 5.62. The molecule has 0 spiro atoms. The van der Waals surface area contributed by atoms with E-state index in [1.54, 1.807) is 0 Å². The highest BCUT2D eigenvalue weighted by molar-refractivity contribution is 5.78. The van der Waals surface area contributed by atoms with E-state index >= 15 is 0 Å². The lowest BCUT2D eigenvalue weighted by Gasteiger charge is -2.34. The van der Waals surface area contributed by atoms with E-state index in [1.165, 1.54) is 0 Å². The van der Waals surface area contributed by atoms with Gasteiger partial charge in [0.05, 0.1) is 22.7 Å². The Morgan fingerprint density at radius 1 is 1.12 bits per heavy atom. The molecule has 0 bridgehead atoms. The minimum Gasteiger partial charge on any atom is -0.251 e. The Morgan fingerprint density at radius 2 is 1.94 bits per heavy atom. The van der Waals surface area contributed by atoms with E-state index in [2.05, 4.69) is 17.1 Å². The summed E-state index contributed by atoms with van der Waals surface area (Å²) in [5, 5.41) is 10.4. The van der Waals surface area contributed by atoms with Crippen LogP contribution in [0, 0.1) is 11.3 Å². The van der Waals surface area contributed by atoms with Gasteiger partial charge in [0.15, 0.2) is 0 Å². The highest BCUT2D eigenvalue weighted by atomic mass is 14.7. The molecule has 2 nitrogen and oxygen atoms in total. The predicted octanol–water partition coefficient (Wildman–Crippen LogP) is 3.18. The number of hydrogen-bond acceptors (Lipinski definition) is 2. The van der Waals surface area contributed by atoms with Gasteiger partial charge in [-0.05, 0) is 31.4 Å². The Morgan fingerprint density at radius 3 is 2.62 bits per heavy atom. The van der Waals surface area contributed by atoms with Crippen molar-refractivity contribution in [3.05, 3.63) is 42.1 Å². The van der Waals surface area contributed by atoms with E-state index in [0.717, 1.165) is 35.9 Å². The lowest BCUT2D eigenvalue weighted by molar-refractivity contribution is 0.317. The van der Waals surface area contributed by atoms with Gasteiger partial charge in [-0.3, -0.25) is 4.98 Å². The van der Waals surface area contributed by atoms with Crippen LogP contribution in [0.25, 0.3) is 10.9 Å². The normalized spacial score (nSPS) is 17.7. The molecule has 0 unspecified atom stereocenters. The van der Waals surface area contributed by atoms with Crippen molar-refractivity contribution in [3.63, 3.8) is 0 Å². The van der Waals surface area contributed by atoms with Crippen LogP contribution in [0.5, 0.6) is 0 Å². The van der Waals surface area contributed by atoms with Gasteiger partial charge in [-0.1, -0.05) is 24.3 Å². The van der Waals surface area contributed by atoms with E-state index in [-0.39, 0.29) is 5.41 Å². The number of rotatable bonds is 1. The molecule has 1 aromatic heterocycles. The summed E-state index contributed by atoms with van der Waals surface area (Å²) in [6.45, 7) is 0. The fourth-order valence-corrected chi connectivity index (χ4v) is 2.29. The van der Waals surface area contributed by atoms with Crippen molar-refractivity contribution in [2.24, 2.45) is 0 Å². The molecule has 0 atom stereocenters. The van der Waals surface area contributed by atoms with Crippen LogP contribution in [0.1, 0.15) is 25.0 Å². The maximum absolute atomic E-state index is 9.27. The number of benzene rings is 1. The number of para-hydroxylation sites is 1. The molecule has 78 valence electrons. The zero-order valence-electron chi connectivity index (χ0n) is 8.98. The summed E-state index contributed by atoms with van der Waals surface area (Å²) in [6, 6.07) is 14.5. The number of fused-ring (bicyclic) bond motifs is 1. The van der Waals surface area contributed by atoms with Gasteiger partial charge in [0.1, 0.15) is 0 Å². The molecule has 2 heteroatoms. The van der Waals surface area contributed by atoms with Crippen LogP contribution in [0.4, 0.5) is 0 Å². The molecule has 1 fully saturated rings. The van der Waals surface area contributed by atoms with Gasteiger partial charge < -0.3 is 0 Å². The average molecular weight is 208 g/mol. The van der Waals surface area contributed by atoms with Gasteiger partial charge in [0.25, 0.3) is 0 Å². The van der Waals surface area contributed by atoms with Crippen LogP contribution in [0.15, 0.2) is 36.4 Å². The zero-order valence-corrected chi connectivity index (χ0v) is 8.98. The van der Waals surface area contributed by atoms with E-state index in [0.29, 0.717) is 0 Å². The van der Waals surface area contributed by atoms with Crippen LogP contribution >= 0.6 is 0 Å². The lowest BCUT2D eigenvalue weighted by atomic mass is 9.67. The zero-order chi connectivity index (χ0) is 11.0. The molecular weight excluding hydrogens is 196 g/mol. The Labute approximate surface area is 94.5 Å². The molecule has 3 rings (SSSR count). The van der Waals surface area contributed by atoms with Crippen molar-refractivity contribution in [1.82, 2.24) is 4.98 Å². The van der Waals surface area contributed by atoms with Crippen molar-refractivity contribution in [3.8, 4) is 6.07 Å². The molecule has 0 radical (unpaired) electrons. The third-order valence-corrected chi connectivity index (χ3v) is 3.51. The minimum absolute atomic E-state index is 0.302. The van der Waals surface area contributed by atoms with Crippen LogP contribution in [0.2, 0.25) is 0 Å². The summed E-state index contributed by atoms with van der Waals surface area (Å²) in [6.07, 6.45) is 3.05. The maximum atomic E-state index is 9.27. The molecule has 1 saturated carbocycles. The monoisotopic (exact) mass is 208 g/mol. The molecule has 0 amide bonds. The Balaban J connectivity index is 2.16. The van der Waals surface area contributed by atoms with Crippen molar-refractivity contribution in [2.45, 2.75) is 24.7 Å². The number of pyridine rings is 1. The van der Waals surface area contributed by atoms with E-state index < -0.39 is 0 Å². The van der Waals surface area contributed by atoms with Gasteiger partial charge in [0, 0.05) is 5.39 Å². The van der Waals surface area contributed by atoms with Crippen LogP contribution in [0.3, 0.4) is 0 Å². The van der Waals surface area contributed by atoms with E-state index in [1.807, 2.05) is 30.3 Å². The van der Waals surface area contributed by atoms with Gasteiger partial charge in [-0.2, -0.15) is 5.26 Å². The molecule has 0 N–H and O–H groups in total. The van der Waals surface area contributed by atoms with Crippen LogP contribution < -0.4 is 0 Å². The summed E-state index contributed by atoms with van der Waals surface area (Å²) in [4.78, 5) is 4.62. The highest BCUT2D eigenvalue weighted by Crippen LogP contribution is 2.42. The summed E-state index contributed by atoms with van der Waals surface area (Å²) in [7, 11) is 0. The maximum Gasteiger partial charge on any atom is 0.0993 e. The topological polar surface area (TPSA) is 36.7 Å². The fraction of sp³-hybridized carbons (Fsp3) is 0.286. The van der Waals surface area contributed by atoms with Gasteiger partial charge in [-0.15, -0.1) is 0 Å². The van der Waals surface area contributed by atoms with Crippen molar-refractivity contribution >= 4 is 10.9 Å². The average Bonchev–Trinajstić information content (AvgIpc) is 2.28. The molecule has 2 aromatic rings. The summed E-state index contributed by atoms with van der Waals surface area (Å²) in [5.74, 6) is 0. The smallest absolute Gasteiger partial charge is 0.0993 e.